The van der Waals surface area contributed by atoms with Crippen LogP contribution in [0.1, 0.15) is 19.3 Å². The highest BCUT2D eigenvalue weighted by Crippen LogP contribution is 2.16. The van der Waals surface area contributed by atoms with E-state index in [4.69, 9.17) is 4.74 Å². The van der Waals surface area contributed by atoms with Gasteiger partial charge < -0.3 is 15.0 Å². The maximum absolute atomic E-state index is 12.4. The standard InChI is InChI=1S/C17H25N3O4S.ClH/c21-17(12-15-13-24-11-8-18-15)20-9-6-14(7-10-20)19-25(22,23)16-4-2-1-3-5-16;/h1-5,14-15,18-19H,6-13H2;1H. The molecule has 2 aliphatic heterocycles. The van der Waals surface area contributed by atoms with Gasteiger partial charge in [0.25, 0.3) is 0 Å². The van der Waals surface area contributed by atoms with Crippen molar-refractivity contribution in [2.45, 2.75) is 36.2 Å². The Kier molecular flexibility index (Phi) is 7.85. The van der Waals surface area contributed by atoms with E-state index >= 15 is 0 Å². The highest BCUT2D eigenvalue weighted by atomic mass is 35.5. The number of halogens is 1. The van der Waals surface area contributed by atoms with Gasteiger partial charge in [0.05, 0.1) is 18.1 Å². The molecule has 9 heteroatoms. The largest absolute Gasteiger partial charge is 0.378 e. The first-order chi connectivity index (χ1) is 12.0. The summed E-state index contributed by atoms with van der Waals surface area (Å²) >= 11 is 0. The normalized spacial score (nSPS) is 21.8. The van der Waals surface area contributed by atoms with Crippen molar-refractivity contribution in [2.75, 3.05) is 32.8 Å². The Labute approximate surface area is 160 Å². The van der Waals surface area contributed by atoms with Crippen LogP contribution in [0.4, 0.5) is 0 Å². The molecule has 7 nitrogen and oxygen atoms in total. The molecule has 1 aromatic rings. The molecule has 0 bridgehead atoms. The first kappa shape index (κ1) is 21.1. The van der Waals surface area contributed by atoms with E-state index in [-0.39, 0.29) is 35.3 Å². The van der Waals surface area contributed by atoms with Gasteiger partial charge in [0, 0.05) is 38.1 Å². The van der Waals surface area contributed by atoms with E-state index < -0.39 is 10.0 Å². The number of nitrogens with zero attached hydrogens (tertiary/aromatic N) is 1. The molecule has 26 heavy (non-hydrogen) atoms. The maximum atomic E-state index is 12.4. The molecule has 0 aromatic heterocycles. The van der Waals surface area contributed by atoms with Crippen molar-refractivity contribution in [3.05, 3.63) is 30.3 Å². The number of amides is 1. The van der Waals surface area contributed by atoms with E-state index in [9.17, 15) is 13.2 Å². The molecule has 2 N–H and O–H groups in total. The smallest absolute Gasteiger partial charge is 0.240 e. The van der Waals surface area contributed by atoms with E-state index in [0.717, 1.165) is 6.54 Å². The number of piperidine rings is 1. The molecule has 2 fully saturated rings. The third-order valence-electron chi connectivity index (χ3n) is 4.64. The molecule has 2 heterocycles. The zero-order chi connectivity index (χ0) is 17.7. The number of hydrogen-bond donors (Lipinski definition) is 2. The van der Waals surface area contributed by atoms with Crippen LogP contribution >= 0.6 is 12.4 Å². The van der Waals surface area contributed by atoms with E-state index in [1.54, 1.807) is 30.3 Å². The Hall–Kier alpha value is -1.19. The van der Waals surface area contributed by atoms with Crippen molar-refractivity contribution in [3.8, 4) is 0 Å². The number of ether oxygens (including phenoxy) is 1. The van der Waals surface area contributed by atoms with Crippen molar-refractivity contribution in [3.63, 3.8) is 0 Å². The molecular formula is C17H26ClN3O4S. The lowest BCUT2D eigenvalue weighted by molar-refractivity contribution is -0.133. The van der Waals surface area contributed by atoms with Crippen molar-refractivity contribution < 1.29 is 17.9 Å². The van der Waals surface area contributed by atoms with Gasteiger partial charge >= 0.3 is 0 Å². The summed E-state index contributed by atoms with van der Waals surface area (Å²) in [6, 6.07) is 8.31. The fourth-order valence-electron chi connectivity index (χ4n) is 3.22. The van der Waals surface area contributed by atoms with E-state index in [2.05, 4.69) is 10.0 Å². The molecule has 0 saturated carbocycles. The van der Waals surface area contributed by atoms with E-state index in [1.165, 1.54) is 0 Å². The molecule has 146 valence electrons. The van der Waals surface area contributed by atoms with Crippen LogP contribution in [0.2, 0.25) is 0 Å². The fourth-order valence-corrected chi connectivity index (χ4v) is 4.55. The average Bonchev–Trinajstić information content (AvgIpc) is 2.63. The first-order valence-corrected chi connectivity index (χ1v) is 10.2. The number of sulfonamides is 1. The minimum absolute atomic E-state index is 0. The van der Waals surface area contributed by atoms with Gasteiger partial charge in [-0.25, -0.2) is 13.1 Å². The maximum Gasteiger partial charge on any atom is 0.240 e. The number of hydrogen-bond acceptors (Lipinski definition) is 5. The highest BCUT2D eigenvalue weighted by Gasteiger charge is 2.28. The van der Waals surface area contributed by atoms with E-state index in [1.807, 2.05) is 4.90 Å². The number of morpholine rings is 1. The third kappa shape index (κ3) is 5.65. The van der Waals surface area contributed by atoms with Crippen LogP contribution in [0, 0.1) is 0 Å². The number of carbonyl (C=O) groups excluding carboxylic acids is 1. The molecule has 1 unspecified atom stereocenters. The Morgan fingerprint density at radius 2 is 1.92 bits per heavy atom. The van der Waals surface area contributed by atoms with Crippen molar-refractivity contribution in [1.82, 2.24) is 14.9 Å². The fraction of sp³-hybridized carbons (Fsp3) is 0.588. The van der Waals surface area contributed by atoms with Crippen LogP contribution in [-0.2, 0) is 19.6 Å². The molecule has 2 aliphatic rings. The molecule has 1 aromatic carbocycles. The predicted molar refractivity (Wildman–Crippen MR) is 101 cm³/mol. The summed E-state index contributed by atoms with van der Waals surface area (Å²) in [5.41, 5.74) is 0. The summed E-state index contributed by atoms with van der Waals surface area (Å²) in [5, 5.41) is 3.28. The molecule has 0 aliphatic carbocycles. The zero-order valence-corrected chi connectivity index (χ0v) is 16.2. The van der Waals surface area contributed by atoms with Crippen molar-refractivity contribution in [1.29, 1.82) is 0 Å². The number of rotatable bonds is 5. The van der Waals surface area contributed by atoms with Gasteiger partial charge in [-0.1, -0.05) is 18.2 Å². The van der Waals surface area contributed by atoms with Gasteiger partial charge in [-0.2, -0.15) is 0 Å². The number of benzene rings is 1. The summed E-state index contributed by atoms with van der Waals surface area (Å²) in [4.78, 5) is 14.5. The van der Waals surface area contributed by atoms with Crippen LogP contribution < -0.4 is 10.0 Å². The lowest BCUT2D eigenvalue weighted by Gasteiger charge is -2.33. The molecule has 0 spiro atoms. The predicted octanol–water partition coefficient (Wildman–Crippen LogP) is 0.756. The van der Waals surface area contributed by atoms with Crippen molar-refractivity contribution >= 4 is 28.3 Å². The summed E-state index contributed by atoms with van der Waals surface area (Å²) in [7, 11) is -3.50. The number of likely N-dealkylation sites (tertiary alicyclic amines) is 1. The molecule has 1 atom stereocenters. The Morgan fingerprint density at radius 3 is 2.54 bits per heavy atom. The van der Waals surface area contributed by atoms with Gasteiger partial charge in [0.15, 0.2) is 0 Å². The summed E-state index contributed by atoms with van der Waals surface area (Å²) in [6.45, 7) is 3.20. The lowest BCUT2D eigenvalue weighted by atomic mass is 10.0. The van der Waals surface area contributed by atoms with Gasteiger partial charge in [-0.3, -0.25) is 4.79 Å². The van der Waals surface area contributed by atoms with E-state index in [0.29, 0.717) is 45.6 Å². The number of carbonyl (C=O) groups is 1. The Morgan fingerprint density at radius 1 is 1.23 bits per heavy atom. The molecule has 3 rings (SSSR count). The number of nitrogens with one attached hydrogen (secondary N) is 2. The first-order valence-electron chi connectivity index (χ1n) is 8.71. The summed E-state index contributed by atoms with van der Waals surface area (Å²) in [5.74, 6) is 0.104. The van der Waals surface area contributed by atoms with Gasteiger partial charge in [-0.15, -0.1) is 12.4 Å². The second kappa shape index (κ2) is 9.66. The second-order valence-electron chi connectivity index (χ2n) is 6.52. The van der Waals surface area contributed by atoms with Gasteiger partial charge in [0.1, 0.15) is 0 Å². The van der Waals surface area contributed by atoms with Crippen LogP contribution in [0.3, 0.4) is 0 Å². The summed E-state index contributed by atoms with van der Waals surface area (Å²) < 4.78 is 32.9. The third-order valence-corrected chi connectivity index (χ3v) is 6.18. The van der Waals surface area contributed by atoms with Crippen LogP contribution in [0.15, 0.2) is 35.2 Å². The minimum Gasteiger partial charge on any atom is -0.378 e. The Balaban J connectivity index is 0.00000243. The topological polar surface area (TPSA) is 87.7 Å². The van der Waals surface area contributed by atoms with Crippen LogP contribution in [0.25, 0.3) is 0 Å². The van der Waals surface area contributed by atoms with Crippen LogP contribution in [0.5, 0.6) is 0 Å². The van der Waals surface area contributed by atoms with Gasteiger partial charge in [-0.05, 0) is 25.0 Å². The minimum atomic E-state index is -3.50. The Bertz CT molecular complexity index is 673. The molecule has 0 radical (unpaired) electrons. The van der Waals surface area contributed by atoms with Gasteiger partial charge in [0.2, 0.25) is 15.9 Å². The molecular weight excluding hydrogens is 378 g/mol. The molecule has 2 saturated heterocycles. The zero-order valence-electron chi connectivity index (χ0n) is 14.6. The van der Waals surface area contributed by atoms with Crippen LogP contribution in [-0.4, -0.2) is 64.2 Å². The van der Waals surface area contributed by atoms with Crippen molar-refractivity contribution in [2.24, 2.45) is 0 Å². The second-order valence-corrected chi connectivity index (χ2v) is 8.23. The monoisotopic (exact) mass is 403 g/mol. The average molecular weight is 404 g/mol. The SMILES string of the molecule is Cl.O=C(CC1COCCN1)N1CCC(NS(=O)(=O)c2ccccc2)CC1. The lowest BCUT2D eigenvalue weighted by Crippen LogP contribution is -2.49. The quantitative estimate of drug-likeness (QED) is 0.757. The molecule has 1 amide bonds. The highest BCUT2D eigenvalue weighted by molar-refractivity contribution is 7.89. The summed E-state index contributed by atoms with van der Waals surface area (Å²) in [6.07, 6.45) is 1.69.